The van der Waals surface area contributed by atoms with Crippen molar-refractivity contribution in [2.24, 2.45) is 5.92 Å². The number of ether oxygens (including phenoxy) is 2. The summed E-state index contributed by atoms with van der Waals surface area (Å²) in [4.78, 5) is 49.3. The van der Waals surface area contributed by atoms with Crippen LogP contribution < -0.4 is 20.3 Å². The molecule has 2 N–H and O–H groups in total. The Bertz CT molecular complexity index is 1100. The molecule has 11 heteroatoms. The topological polar surface area (TPSA) is 140 Å². The fourth-order valence-corrected chi connectivity index (χ4v) is 3.84. The molecule has 1 saturated heterocycles. The van der Waals surface area contributed by atoms with Gasteiger partial charge in [-0.3, -0.25) is 24.5 Å². The largest absolute Gasteiger partial charge is 0.495 e. The number of anilines is 2. The molecular formula is C24H28N4O7. The van der Waals surface area contributed by atoms with E-state index in [-0.39, 0.29) is 12.2 Å². The van der Waals surface area contributed by atoms with E-state index in [0.29, 0.717) is 43.1 Å². The van der Waals surface area contributed by atoms with Gasteiger partial charge in [0.2, 0.25) is 5.91 Å². The van der Waals surface area contributed by atoms with E-state index in [1.807, 2.05) is 17.9 Å². The van der Waals surface area contributed by atoms with Crippen LogP contribution in [0.2, 0.25) is 0 Å². The molecule has 35 heavy (non-hydrogen) atoms. The summed E-state index contributed by atoms with van der Waals surface area (Å²) in [5, 5.41) is 16.3. The summed E-state index contributed by atoms with van der Waals surface area (Å²) >= 11 is 0. The van der Waals surface area contributed by atoms with Gasteiger partial charge in [-0.15, -0.1) is 0 Å². The summed E-state index contributed by atoms with van der Waals surface area (Å²) < 4.78 is 10.3. The number of hydrogen-bond donors (Lipinski definition) is 2. The minimum atomic E-state index is -0.595. The zero-order valence-corrected chi connectivity index (χ0v) is 19.6. The molecule has 1 heterocycles. The molecular weight excluding hydrogens is 456 g/mol. The first-order chi connectivity index (χ1) is 16.8. The van der Waals surface area contributed by atoms with Crippen molar-refractivity contribution in [1.29, 1.82) is 0 Å². The van der Waals surface area contributed by atoms with Crippen LogP contribution in [-0.2, 0) is 19.1 Å². The van der Waals surface area contributed by atoms with Gasteiger partial charge in [0.1, 0.15) is 11.4 Å². The molecule has 0 spiro atoms. The summed E-state index contributed by atoms with van der Waals surface area (Å²) in [7, 11) is 1.49. The number of carbonyl (C=O) groups excluding carboxylic acids is 3. The number of nitrogens with one attached hydrogen (secondary N) is 2. The predicted molar refractivity (Wildman–Crippen MR) is 128 cm³/mol. The van der Waals surface area contributed by atoms with Gasteiger partial charge in [-0.05, 0) is 43.5 Å². The van der Waals surface area contributed by atoms with Crippen molar-refractivity contribution in [1.82, 2.24) is 5.32 Å². The molecule has 0 unspecified atom stereocenters. The van der Waals surface area contributed by atoms with Crippen LogP contribution in [0.15, 0.2) is 42.5 Å². The van der Waals surface area contributed by atoms with Crippen molar-refractivity contribution in [3.63, 3.8) is 0 Å². The third kappa shape index (κ3) is 6.92. The number of carbonyl (C=O) groups is 3. The summed E-state index contributed by atoms with van der Waals surface area (Å²) in [6.45, 7) is 2.01. The van der Waals surface area contributed by atoms with E-state index < -0.39 is 35.2 Å². The number of aryl methyl sites for hydroxylation is 1. The number of amides is 2. The van der Waals surface area contributed by atoms with Crippen LogP contribution in [0.1, 0.15) is 18.4 Å². The Morgan fingerprint density at radius 2 is 1.83 bits per heavy atom. The molecule has 186 valence electrons. The molecule has 0 saturated carbocycles. The molecule has 1 fully saturated rings. The number of nitrogens with zero attached hydrogens (tertiary/aromatic N) is 2. The molecule has 1 aliphatic rings. The van der Waals surface area contributed by atoms with E-state index in [1.54, 1.807) is 30.3 Å². The number of esters is 1. The lowest BCUT2D eigenvalue weighted by Gasteiger charge is -2.32. The van der Waals surface area contributed by atoms with E-state index in [1.165, 1.54) is 13.2 Å². The lowest BCUT2D eigenvalue weighted by Crippen LogP contribution is -2.39. The Kier molecular flexibility index (Phi) is 8.60. The highest BCUT2D eigenvalue weighted by atomic mass is 16.6. The van der Waals surface area contributed by atoms with E-state index in [0.717, 1.165) is 5.56 Å². The number of benzene rings is 2. The number of para-hydroxylation sites is 2. The second-order valence-corrected chi connectivity index (χ2v) is 8.14. The third-order valence-electron chi connectivity index (χ3n) is 5.67. The molecule has 0 atom stereocenters. The van der Waals surface area contributed by atoms with Crippen LogP contribution in [0.3, 0.4) is 0 Å². The summed E-state index contributed by atoms with van der Waals surface area (Å²) in [5.41, 5.74) is 1.97. The van der Waals surface area contributed by atoms with Crippen LogP contribution in [0, 0.1) is 23.0 Å². The Morgan fingerprint density at radius 1 is 1.11 bits per heavy atom. The van der Waals surface area contributed by atoms with Crippen molar-refractivity contribution in [2.45, 2.75) is 19.8 Å². The zero-order valence-electron chi connectivity index (χ0n) is 19.6. The molecule has 2 amide bonds. The second kappa shape index (κ2) is 11.8. The van der Waals surface area contributed by atoms with Gasteiger partial charge in [-0.2, -0.15) is 0 Å². The van der Waals surface area contributed by atoms with Crippen molar-refractivity contribution in [2.75, 3.05) is 43.6 Å². The lowest BCUT2D eigenvalue weighted by atomic mass is 9.96. The van der Waals surface area contributed by atoms with Crippen molar-refractivity contribution in [3.8, 4) is 5.75 Å². The Hall–Kier alpha value is -4.15. The number of piperidine rings is 1. The molecule has 0 aliphatic carbocycles. The fourth-order valence-electron chi connectivity index (χ4n) is 3.84. The monoisotopic (exact) mass is 484 g/mol. The molecule has 0 radical (unpaired) electrons. The fraction of sp³-hybridized carbons (Fsp3) is 0.375. The first-order valence-corrected chi connectivity index (χ1v) is 11.1. The first kappa shape index (κ1) is 25.5. The lowest BCUT2D eigenvalue weighted by molar-refractivity contribution is -0.384. The van der Waals surface area contributed by atoms with Crippen LogP contribution in [0.25, 0.3) is 0 Å². The number of nitro groups is 1. The number of methoxy groups -OCH3 is 1. The second-order valence-electron chi connectivity index (χ2n) is 8.14. The SMILES string of the molecule is COc1ccc(C)cc1NC(=O)CNC(=O)COC(=O)C1CCN(c2ccccc2[N+](=O)[O-])CC1. The summed E-state index contributed by atoms with van der Waals surface area (Å²) in [6.07, 6.45) is 0.903. The summed E-state index contributed by atoms with van der Waals surface area (Å²) in [5.74, 6) is -1.45. The smallest absolute Gasteiger partial charge is 0.309 e. The van der Waals surface area contributed by atoms with E-state index in [9.17, 15) is 24.5 Å². The maximum absolute atomic E-state index is 12.4. The Morgan fingerprint density at radius 3 is 2.51 bits per heavy atom. The minimum absolute atomic E-state index is 0.0232. The summed E-state index contributed by atoms with van der Waals surface area (Å²) in [6, 6.07) is 11.8. The Balaban J connectivity index is 1.40. The van der Waals surface area contributed by atoms with Crippen LogP contribution in [0.5, 0.6) is 5.75 Å². The van der Waals surface area contributed by atoms with Gasteiger partial charge in [0.15, 0.2) is 6.61 Å². The van der Waals surface area contributed by atoms with Crippen LogP contribution >= 0.6 is 0 Å². The predicted octanol–water partition coefficient (Wildman–Crippen LogP) is 2.43. The quantitative estimate of drug-likeness (QED) is 0.314. The van der Waals surface area contributed by atoms with Crippen molar-refractivity contribution in [3.05, 3.63) is 58.1 Å². The first-order valence-electron chi connectivity index (χ1n) is 11.1. The van der Waals surface area contributed by atoms with Gasteiger partial charge < -0.3 is 25.0 Å². The van der Waals surface area contributed by atoms with Gasteiger partial charge in [0, 0.05) is 19.2 Å². The van der Waals surface area contributed by atoms with Gasteiger partial charge in [-0.25, -0.2) is 0 Å². The molecule has 11 nitrogen and oxygen atoms in total. The van der Waals surface area contributed by atoms with E-state index in [4.69, 9.17) is 9.47 Å². The maximum atomic E-state index is 12.4. The Labute approximate surface area is 202 Å². The number of hydrogen-bond acceptors (Lipinski definition) is 8. The third-order valence-corrected chi connectivity index (χ3v) is 5.67. The van der Waals surface area contributed by atoms with Gasteiger partial charge >= 0.3 is 5.97 Å². The van der Waals surface area contributed by atoms with Crippen LogP contribution in [-0.4, -0.2) is 56.1 Å². The average Bonchev–Trinajstić information content (AvgIpc) is 2.86. The van der Waals surface area contributed by atoms with E-state index >= 15 is 0 Å². The minimum Gasteiger partial charge on any atom is -0.495 e. The molecule has 2 aromatic carbocycles. The van der Waals surface area contributed by atoms with Gasteiger partial charge in [0.05, 0.1) is 30.2 Å². The number of rotatable bonds is 9. The molecule has 1 aliphatic heterocycles. The standard InChI is InChI=1S/C24H28N4O7/c1-16-7-8-21(34-2)18(13-16)26-22(29)14-25-23(30)15-35-24(31)17-9-11-27(12-10-17)19-5-3-4-6-20(19)28(32)33/h3-8,13,17H,9-12,14-15H2,1-2H3,(H,25,30)(H,26,29). The van der Waals surface area contributed by atoms with Crippen LogP contribution in [0.4, 0.5) is 17.1 Å². The van der Waals surface area contributed by atoms with Crippen molar-refractivity contribution < 1.29 is 28.8 Å². The highest BCUT2D eigenvalue weighted by molar-refractivity contribution is 5.96. The van der Waals surface area contributed by atoms with Crippen molar-refractivity contribution >= 4 is 34.8 Å². The highest BCUT2D eigenvalue weighted by Gasteiger charge is 2.29. The van der Waals surface area contributed by atoms with Gasteiger partial charge in [0.25, 0.3) is 11.6 Å². The highest BCUT2D eigenvalue weighted by Crippen LogP contribution is 2.31. The molecule has 0 bridgehead atoms. The number of nitro benzene ring substituents is 1. The maximum Gasteiger partial charge on any atom is 0.309 e. The molecule has 3 rings (SSSR count). The van der Waals surface area contributed by atoms with Gasteiger partial charge in [-0.1, -0.05) is 18.2 Å². The zero-order chi connectivity index (χ0) is 25.4. The normalized spacial score (nSPS) is 13.6. The van der Waals surface area contributed by atoms with E-state index in [2.05, 4.69) is 10.6 Å². The molecule has 0 aromatic heterocycles. The molecule has 2 aromatic rings. The average molecular weight is 485 g/mol.